The van der Waals surface area contributed by atoms with Gasteiger partial charge in [0.15, 0.2) is 0 Å². The third-order valence-corrected chi connectivity index (χ3v) is 4.84. The van der Waals surface area contributed by atoms with E-state index in [9.17, 15) is 0 Å². The molecule has 0 saturated heterocycles. The molecule has 0 amide bonds. The summed E-state index contributed by atoms with van der Waals surface area (Å²) in [6, 6.07) is 11.5. The average molecular weight is 386 g/mol. The lowest BCUT2D eigenvalue weighted by Crippen LogP contribution is -2.00. The zero-order chi connectivity index (χ0) is 15.0. The second kappa shape index (κ2) is 5.87. The van der Waals surface area contributed by atoms with Crippen LogP contribution in [-0.2, 0) is 5.88 Å². The molecular weight excluding hydrogens is 375 g/mol. The summed E-state index contributed by atoms with van der Waals surface area (Å²) in [5.41, 5.74) is 2.69. The van der Waals surface area contributed by atoms with Crippen molar-refractivity contribution >= 4 is 50.2 Å². The summed E-state index contributed by atoms with van der Waals surface area (Å²) in [5, 5.41) is 0.642. The normalized spacial score (nSPS) is 11.0. The largest absolute Gasteiger partial charge is 0.497 e. The lowest BCUT2D eigenvalue weighted by molar-refractivity contribution is 0.415. The van der Waals surface area contributed by atoms with Crippen LogP contribution in [0.25, 0.3) is 16.7 Å². The Kier molecular flexibility index (Phi) is 4.11. The topological polar surface area (TPSA) is 27.1 Å². The standard InChI is InChI=1S/C15H11BrCl2N2O/c1-21-9-5-6-12-11(7-9)19-14(8-17)20(12)13-4-2-3-10(18)15(13)16/h2-7H,8H2,1H3. The van der Waals surface area contributed by atoms with Crippen LogP contribution in [-0.4, -0.2) is 16.7 Å². The molecule has 21 heavy (non-hydrogen) atoms. The van der Waals surface area contributed by atoms with Gasteiger partial charge in [0.25, 0.3) is 0 Å². The molecule has 0 aliphatic rings. The molecule has 0 saturated carbocycles. The third kappa shape index (κ3) is 2.52. The van der Waals surface area contributed by atoms with E-state index in [0.717, 1.165) is 32.8 Å². The maximum Gasteiger partial charge on any atom is 0.129 e. The SMILES string of the molecule is COc1ccc2c(c1)nc(CCl)n2-c1cccc(Cl)c1Br. The quantitative estimate of drug-likeness (QED) is 0.580. The molecule has 0 fully saturated rings. The molecule has 1 heterocycles. The Bertz CT molecular complexity index is 817. The molecule has 0 unspecified atom stereocenters. The molecule has 6 heteroatoms. The van der Waals surface area contributed by atoms with Crippen molar-refractivity contribution in [2.45, 2.75) is 5.88 Å². The van der Waals surface area contributed by atoms with Gasteiger partial charge in [0.05, 0.1) is 39.2 Å². The van der Waals surface area contributed by atoms with Gasteiger partial charge in [0, 0.05) is 6.07 Å². The van der Waals surface area contributed by atoms with Crippen LogP contribution < -0.4 is 4.74 Å². The summed E-state index contributed by atoms with van der Waals surface area (Å²) in [6.07, 6.45) is 0. The van der Waals surface area contributed by atoms with E-state index >= 15 is 0 Å². The fraction of sp³-hybridized carbons (Fsp3) is 0.133. The Morgan fingerprint density at radius 2 is 2.10 bits per heavy atom. The first kappa shape index (κ1) is 14.7. The van der Waals surface area contributed by atoms with Crippen molar-refractivity contribution in [3.05, 3.63) is 51.7 Å². The zero-order valence-corrected chi connectivity index (χ0v) is 14.2. The van der Waals surface area contributed by atoms with Crippen molar-refractivity contribution in [1.29, 1.82) is 0 Å². The van der Waals surface area contributed by atoms with Crippen LogP contribution in [0.1, 0.15) is 5.82 Å². The molecule has 1 aromatic heterocycles. The molecular formula is C15H11BrCl2N2O. The van der Waals surface area contributed by atoms with Crippen LogP contribution in [0, 0.1) is 0 Å². The van der Waals surface area contributed by atoms with Crippen molar-refractivity contribution in [2.75, 3.05) is 7.11 Å². The lowest BCUT2D eigenvalue weighted by atomic mass is 10.2. The van der Waals surface area contributed by atoms with Crippen LogP contribution in [0.4, 0.5) is 0 Å². The van der Waals surface area contributed by atoms with Crippen LogP contribution in [0.3, 0.4) is 0 Å². The van der Waals surface area contributed by atoms with E-state index in [1.165, 1.54) is 0 Å². The minimum atomic E-state index is 0.302. The van der Waals surface area contributed by atoms with Crippen molar-refractivity contribution in [3.63, 3.8) is 0 Å². The molecule has 0 aliphatic heterocycles. The summed E-state index contributed by atoms with van der Waals surface area (Å²) in [6.45, 7) is 0. The van der Waals surface area contributed by atoms with Crippen LogP contribution in [0.15, 0.2) is 40.9 Å². The fourth-order valence-corrected chi connectivity index (χ4v) is 3.05. The molecule has 2 aromatic carbocycles. The van der Waals surface area contributed by atoms with E-state index in [-0.39, 0.29) is 0 Å². The van der Waals surface area contributed by atoms with Crippen molar-refractivity contribution in [1.82, 2.24) is 9.55 Å². The molecule has 3 nitrogen and oxygen atoms in total. The number of rotatable bonds is 3. The maximum absolute atomic E-state index is 6.19. The summed E-state index contributed by atoms with van der Waals surface area (Å²) < 4.78 is 8.05. The number of ether oxygens (including phenoxy) is 1. The number of benzene rings is 2. The number of hydrogen-bond acceptors (Lipinski definition) is 2. The molecule has 0 N–H and O–H groups in total. The summed E-state index contributed by atoms with van der Waals surface area (Å²) in [5.74, 6) is 1.82. The summed E-state index contributed by atoms with van der Waals surface area (Å²) >= 11 is 15.8. The molecule has 3 rings (SSSR count). The molecule has 0 radical (unpaired) electrons. The van der Waals surface area contributed by atoms with Crippen molar-refractivity contribution < 1.29 is 4.74 Å². The van der Waals surface area contributed by atoms with Crippen molar-refractivity contribution in [2.24, 2.45) is 0 Å². The van der Waals surface area contributed by atoms with Gasteiger partial charge in [-0.2, -0.15) is 0 Å². The Morgan fingerprint density at radius 3 is 2.81 bits per heavy atom. The third-order valence-electron chi connectivity index (χ3n) is 3.22. The average Bonchev–Trinajstić information content (AvgIpc) is 2.87. The Balaban J connectivity index is 2.32. The maximum atomic E-state index is 6.19. The molecule has 0 spiro atoms. The first-order chi connectivity index (χ1) is 10.2. The fourth-order valence-electron chi connectivity index (χ4n) is 2.26. The van der Waals surface area contributed by atoms with Crippen LogP contribution in [0.5, 0.6) is 5.75 Å². The van der Waals surface area contributed by atoms with Gasteiger partial charge < -0.3 is 4.74 Å². The summed E-state index contributed by atoms with van der Waals surface area (Å²) in [4.78, 5) is 4.57. The van der Waals surface area contributed by atoms with Crippen molar-refractivity contribution in [3.8, 4) is 11.4 Å². The van der Waals surface area contributed by atoms with Gasteiger partial charge >= 0.3 is 0 Å². The van der Waals surface area contributed by atoms with E-state index < -0.39 is 0 Å². The van der Waals surface area contributed by atoms with Gasteiger partial charge in [-0.15, -0.1) is 11.6 Å². The minimum absolute atomic E-state index is 0.302. The van der Waals surface area contributed by atoms with Crippen LogP contribution in [0.2, 0.25) is 5.02 Å². The Labute approximate surface area is 140 Å². The number of methoxy groups -OCH3 is 1. The Hall–Kier alpha value is -1.23. The number of halogens is 3. The smallest absolute Gasteiger partial charge is 0.129 e. The van der Waals surface area contributed by atoms with E-state index in [0.29, 0.717) is 10.9 Å². The highest BCUT2D eigenvalue weighted by Crippen LogP contribution is 2.33. The Morgan fingerprint density at radius 1 is 1.29 bits per heavy atom. The monoisotopic (exact) mass is 384 g/mol. The molecule has 108 valence electrons. The van der Waals surface area contributed by atoms with Gasteiger partial charge in [-0.05, 0) is 40.2 Å². The summed E-state index contributed by atoms with van der Waals surface area (Å²) in [7, 11) is 1.63. The van der Waals surface area contributed by atoms with Gasteiger partial charge in [0.1, 0.15) is 11.6 Å². The van der Waals surface area contributed by atoms with Crippen LogP contribution >= 0.6 is 39.1 Å². The number of nitrogens with zero attached hydrogens (tertiary/aromatic N) is 2. The first-order valence-corrected chi connectivity index (χ1v) is 7.92. The molecule has 0 aliphatic carbocycles. The number of aromatic nitrogens is 2. The highest BCUT2D eigenvalue weighted by Gasteiger charge is 2.15. The predicted molar refractivity (Wildman–Crippen MR) is 89.9 cm³/mol. The number of alkyl halides is 1. The first-order valence-electron chi connectivity index (χ1n) is 6.21. The number of hydrogen-bond donors (Lipinski definition) is 0. The predicted octanol–water partition coefficient (Wildman–Crippen LogP) is 5.19. The molecule has 3 aromatic rings. The van der Waals surface area contributed by atoms with Gasteiger partial charge in [-0.3, -0.25) is 4.57 Å². The van der Waals surface area contributed by atoms with E-state index in [2.05, 4.69) is 20.9 Å². The van der Waals surface area contributed by atoms with Gasteiger partial charge in [-0.1, -0.05) is 17.7 Å². The number of fused-ring (bicyclic) bond motifs is 1. The van der Waals surface area contributed by atoms with Gasteiger partial charge in [0.2, 0.25) is 0 Å². The minimum Gasteiger partial charge on any atom is -0.497 e. The second-order valence-corrected chi connectivity index (χ2v) is 5.89. The zero-order valence-electron chi connectivity index (χ0n) is 11.1. The highest BCUT2D eigenvalue weighted by atomic mass is 79.9. The lowest BCUT2D eigenvalue weighted by Gasteiger charge is -2.11. The molecule has 0 atom stereocenters. The molecule has 0 bridgehead atoms. The highest BCUT2D eigenvalue weighted by molar-refractivity contribution is 9.10. The van der Waals surface area contributed by atoms with E-state index in [1.54, 1.807) is 7.11 Å². The second-order valence-electron chi connectivity index (χ2n) is 4.42. The van der Waals surface area contributed by atoms with E-state index in [1.807, 2.05) is 41.0 Å². The number of imidazole rings is 1. The van der Waals surface area contributed by atoms with Gasteiger partial charge in [-0.25, -0.2) is 4.98 Å². The van der Waals surface area contributed by atoms with E-state index in [4.69, 9.17) is 27.9 Å².